The van der Waals surface area contributed by atoms with Gasteiger partial charge in [-0.25, -0.2) is 0 Å². The molecule has 80 valence electrons. The van der Waals surface area contributed by atoms with Crippen molar-refractivity contribution in [2.75, 3.05) is 0 Å². The van der Waals surface area contributed by atoms with Crippen LogP contribution in [0.25, 0.3) is 0 Å². The van der Waals surface area contributed by atoms with Gasteiger partial charge in [0.2, 0.25) is 0 Å². The minimum Gasteiger partial charge on any atom is -0.120 e. The van der Waals surface area contributed by atoms with Crippen LogP contribution in [0.5, 0.6) is 0 Å². The monoisotopic (exact) mass is 204 g/mol. The van der Waals surface area contributed by atoms with Crippen LogP contribution in [0.1, 0.15) is 60.8 Å². The second-order valence-electron chi connectivity index (χ2n) is 5.92. The van der Waals surface area contributed by atoms with Gasteiger partial charge in [0.1, 0.15) is 0 Å². The molecule has 0 spiro atoms. The molecule has 0 aliphatic heterocycles. The molecule has 0 heterocycles. The molecule has 1 unspecified atom stereocenters. The van der Waals surface area contributed by atoms with Gasteiger partial charge in [0.25, 0.3) is 0 Å². The predicted molar refractivity (Wildman–Crippen MR) is 62.4 cm³/mol. The van der Waals surface area contributed by atoms with Crippen LogP contribution in [0.15, 0.2) is 0 Å². The third kappa shape index (κ3) is 7.37. The van der Waals surface area contributed by atoms with Gasteiger partial charge in [0, 0.05) is 4.87 Å². The highest BCUT2D eigenvalue weighted by Crippen LogP contribution is 2.30. The Labute approximate surface area is 89.1 Å². The number of hydrogen-bond acceptors (Lipinski definition) is 0. The Morgan fingerprint density at radius 2 is 1.54 bits per heavy atom. The lowest BCUT2D eigenvalue weighted by Gasteiger charge is -2.26. The first-order chi connectivity index (χ1) is 5.63. The summed E-state index contributed by atoms with van der Waals surface area (Å²) < 4.78 is 0. The third-order valence-corrected chi connectivity index (χ3v) is 3.11. The normalized spacial score (nSPS) is 15.9. The highest BCUT2D eigenvalue weighted by Gasteiger charge is 2.22. The van der Waals surface area contributed by atoms with Gasteiger partial charge in [-0.1, -0.05) is 34.1 Å². The third-order valence-electron chi connectivity index (χ3n) is 2.74. The summed E-state index contributed by atoms with van der Waals surface area (Å²) in [5, 5.41) is 0. The van der Waals surface area contributed by atoms with Gasteiger partial charge >= 0.3 is 0 Å². The molecule has 0 fully saturated rings. The Morgan fingerprint density at radius 3 is 1.85 bits per heavy atom. The number of hydrogen-bond donors (Lipinski definition) is 0. The maximum Gasteiger partial charge on any atom is 0.0416 e. The van der Waals surface area contributed by atoms with Crippen LogP contribution in [0.3, 0.4) is 0 Å². The summed E-state index contributed by atoms with van der Waals surface area (Å²) in [6.45, 7) is 13.3. The van der Waals surface area contributed by atoms with E-state index in [1.807, 2.05) is 0 Å². The first-order valence-electron chi connectivity index (χ1n) is 5.32. The molecular formula is C12H25Cl. The van der Waals surface area contributed by atoms with E-state index < -0.39 is 0 Å². The zero-order chi connectivity index (χ0) is 10.7. The summed E-state index contributed by atoms with van der Waals surface area (Å²) in [5.74, 6) is 0.608. The van der Waals surface area contributed by atoms with E-state index in [1.165, 1.54) is 19.3 Å². The van der Waals surface area contributed by atoms with Crippen molar-refractivity contribution in [2.24, 2.45) is 11.3 Å². The van der Waals surface area contributed by atoms with Gasteiger partial charge in [0.15, 0.2) is 0 Å². The van der Waals surface area contributed by atoms with Gasteiger partial charge in [-0.3, -0.25) is 0 Å². The van der Waals surface area contributed by atoms with E-state index in [2.05, 4.69) is 41.5 Å². The zero-order valence-electron chi connectivity index (χ0n) is 10.1. The SMILES string of the molecule is CC(CCCC(C)(C)C)C(C)(C)Cl. The van der Waals surface area contributed by atoms with Crippen molar-refractivity contribution >= 4 is 11.6 Å². The van der Waals surface area contributed by atoms with Crippen LogP contribution < -0.4 is 0 Å². The fourth-order valence-electron chi connectivity index (χ4n) is 1.28. The summed E-state index contributed by atoms with van der Waals surface area (Å²) in [6.07, 6.45) is 3.83. The second-order valence-corrected chi connectivity index (χ2v) is 6.89. The summed E-state index contributed by atoms with van der Waals surface area (Å²) >= 11 is 6.23. The van der Waals surface area contributed by atoms with Crippen molar-refractivity contribution < 1.29 is 0 Å². The molecule has 0 saturated heterocycles. The maximum atomic E-state index is 6.23. The fourth-order valence-corrected chi connectivity index (χ4v) is 1.39. The van der Waals surface area contributed by atoms with Gasteiger partial charge < -0.3 is 0 Å². The molecule has 0 aliphatic rings. The van der Waals surface area contributed by atoms with E-state index in [-0.39, 0.29) is 4.87 Å². The van der Waals surface area contributed by atoms with Crippen molar-refractivity contribution in [3.8, 4) is 0 Å². The highest BCUT2D eigenvalue weighted by molar-refractivity contribution is 6.23. The van der Waals surface area contributed by atoms with Gasteiger partial charge in [-0.15, -0.1) is 11.6 Å². The van der Waals surface area contributed by atoms with Crippen LogP contribution in [-0.4, -0.2) is 4.87 Å². The molecule has 0 aromatic rings. The van der Waals surface area contributed by atoms with E-state index in [9.17, 15) is 0 Å². The first kappa shape index (κ1) is 13.3. The minimum atomic E-state index is -0.0438. The summed E-state index contributed by atoms with van der Waals surface area (Å²) in [6, 6.07) is 0. The molecule has 13 heavy (non-hydrogen) atoms. The van der Waals surface area contributed by atoms with Crippen LogP contribution >= 0.6 is 11.6 Å². The molecule has 0 saturated carbocycles. The van der Waals surface area contributed by atoms with Crippen molar-refractivity contribution in [1.82, 2.24) is 0 Å². The highest BCUT2D eigenvalue weighted by atomic mass is 35.5. The van der Waals surface area contributed by atoms with Crippen LogP contribution in [0.4, 0.5) is 0 Å². The molecule has 0 nitrogen and oxygen atoms in total. The lowest BCUT2D eigenvalue weighted by Crippen LogP contribution is -2.22. The molecule has 1 heteroatoms. The predicted octanol–water partition coefficient (Wildman–Crippen LogP) is 4.86. The Balaban J connectivity index is 3.67. The van der Waals surface area contributed by atoms with E-state index in [0.717, 1.165) is 0 Å². The first-order valence-corrected chi connectivity index (χ1v) is 5.69. The smallest absolute Gasteiger partial charge is 0.0416 e. The van der Waals surface area contributed by atoms with Crippen molar-refractivity contribution in [2.45, 2.75) is 65.7 Å². The minimum absolute atomic E-state index is 0.0438. The van der Waals surface area contributed by atoms with Gasteiger partial charge in [-0.05, 0) is 38.0 Å². The van der Waals surface area contributed by atoms with Crippen LogP contribution in [0.2, 0.25) is 0 Å². The molecule has 0 bridgehead atoms. The number of halogens is 1. The molecule has 0 N–H and O–H groups in total. The fraction of sp³-hybridized carbons (Fsp3) is 1.00. The number of rotatable bonds is 4. The maximum absolute atomic E-state index is 6.23. The molecule has 0 aromatic carbocycles. The van der Waals surface area contributed by atoms with Crippen molar-refractivity contribution in [3.63, 3.8) is 0 Å². The molecular weight excluding hydrogens is 180 g/mol. The molecule has 0 amide bonds. The van der Waals surface area contributed by atoms with Crippen LogP contribution in [0, 0.1) is 11.3 Å². The van der Waals surface area contributed by atoms with E-state index in [4.69, 9.17) is 11.6 Å². The Morgan fingerprint density at radius 1 is 1.08 bits per heavy atom. The average Bonchev–Trinajstić information content (AvgIpc) is 1.82. The average molecular weight is 205 g/mol. The summed E-state index contributed by atoms with van der Waals surface area (Å²) in [4.78, 5) is -0.0438. The van der Waals surface area contributed by atoms with E-state index in [0.29, 0.717) is 11.3 Å². The Kier molecular flexibility index (Phi) is 4.79. The molecule has 1 atom stereocenters. The van der Waals surface area contributed by atoms with E-state index in [1.54, 1.807) is 0 Å². The lowest BCUT2D eigenvalue weighted by molar-refractivity contribution is 0.325. The number of alkyl halides is 1. The topological polar surface area (TPSA) is 0 Å². The molecule has 0 aromatic heterocycles. The quantitative estimate of drug-likeness (QED) is 0.574. The molecule has 0 aliphatic carbocycles. The Hall–Kier alpha value is 0.290. The molecule has 0 radical (unpaired) electrons. The van der Waals surface area contributed by atoms with Crippen molar-refractivity contribution in [3.05, 3.63) is 0 Å². The largest absolute Gasteiger partial charge is 0.120 e. The lowest BCUT2D eigenvalue weighted by atomic mass is 9.85. The van der Waals surface area contributed by atoms with Crippen LogP contribution in [-0.2, 0) is 0 Å². The second kappa shape index (κ2) is 4.68. The molecule has 0 rings (SSSR count). The standard InChI is InChI=1S/C12H25Cl/c1-10(12(5,6)13)8-7-9-11(2,3)4/h10H,7-9H2,1-6H3. The summed E-state index contributed by atoms with van der Waals surface area (Å²) in [5.41, 5.74) is 0.468. The zero-order valence-corrected chi connectivity index (χ0v) is 10.8. The Bertz CT molecular complexity index is 136. The van der Waals surface area contributed by atoms with Gasteiger partial charge in [-0.2, -0.15) is 0 Å². The van der Waals surface area contributed by atoms with E-state index >= 15 is 0 Å². The van der Waals surface area contributed by atoms with Gasteiger partial charge in [0.05, 0.1) is 0 Å². The van der Waals surface area contributed by atoms with Crippen molar-refractivity contribution in [1.29, 1.82) is 0 Å². The summed E-state index contributed by atoms with van der Waals surface area (Å²) in [7, 11) is 0.